The quantitative estimate of drug-likeness (QED) is 0.747. The average molecular weight is 283 g/mol. The normalized spacial score (nSPS) is 24.0. The van der Waals surface area contributed by atoms with Crippen LogP contribution in [-0.4, -0.2) is 48.1 Å². The van der Waals surface area contributed by atoms with Crippen molar-refractivity contribution in [2.75, 3.05) is 26.2 Å². The summed E-state index contributed by atoms with van der Waals surface area (Å²) < 4.78 is 0. The van der Waals surface area contributed by atoms with Crippen molar-refractivity contribution in [3.8, 4) is 0 Å². The zero-order valence-corrected chi connectivity index (χ0v) is 14.9. The van der Waals surface area contributed by atoms with Gasteiger partial charge < -0.3 is 9.80 Å². The molecule has 2 heterocycles. The first-order valence-corrected chi connectivity index (χ1v) is 8.88. The van der Waals surface area contributed by atoms with E-state index in [9.17, 15) is 0 Å². The molecule has 2 rings (SSSR count). The molecule has 0 radical (unpaired) electrons. The lowest BCUT2D eigenvalue weighted by molar-refractivity contribution is 0.156. The fourth-order valence-corrected chi connectivity index (χ4v) is 3.09. The fourth-order valence-electron chi connectivity index (χ4n) is 3.09. The Morgan fingerprint density at radius 1 is 0.600 bits per heavy atom. The lowest BCUT2D eigenvalue weighted by Crippen LogP contribution is -2.37. The van der Waals surface area contributed by atoms with Gasteiger partial charge in [0.15, 0.2) is 0 Å². The molecule has 2 aliphatic rings. The van der Waals surface area contributed by atoms with Crippen LogP contribution in [0, 0.1) is 11.8 Å². The minimum atomic E-state index is 0.757. The van der Waals surface area contributed by atoms with E-state index in [4.69, 9.17) is 0 Å². The Morgan fingerprint density at radius 3 is 1.05 bits per heavy atom. The third-order valence-corrected chi connectivity index (χ3v) is 5.10. The second-order valence-electron chi connectivity index (χ2n) is 7.62. The Hall–Kier alpha value is -0.0800. The molecule has 0 saturated carbocycles. The van der Waals surface area contributed by atoms with Gasteiger partial charge in [0.1, 0.15) is 0 Å². The van der Waals surface area contributed by atoms with E-state index in [0.29, 0.717) is 0 Å². The highest BCUT2D eigenvalue weighted by Crippen LogP contribution is 2.18. The van der Waals surface area contributed by atoms with E-state index in [1.165, 1.54) is 51.9 Å². The van der Waals surface area contributed by atoms with Gasteiger partial charge in [-0.3, -0.25) is 0 Å². The second kappa shape index (κ2) is 9.04. The summed E-state index contributed by atoms with van der Waals surface area (Å²) in [4.78, 5) is 5.14. The Morgan fingerprint density at radius 2 is 0.850 bits per heavy atom. The van der Waals surface area contributed by atoms with Crippen molar-refractivity contribution in [1.29, 1.82) is 0 Å². The summed E-state index contributed by atoms with van der Waals surface area (Å²) in [7, 11) is 0. The smallest absolute Gasteiger partial charge is 0.00385 e. The summed E-state index contributed by atoms with van der Waals surface area (Å²) in [6, 6.07) is 1.51. The Kier molecular flexibility index (Phi) is 8.13. The van der Waals surface area contributed by atoms with Crippen molar-refractivity contribution < 1.29 is 0 Å². The molecule has 0 aliphatic carbocycles. The molecule has 120 valence electrons. The van der Waals surface area contributed by atoms with E-state index < -0.39 is 0 Å². The molecule has 2 saturated heterocycles. The zero-order chi connectivity index (χ0) is 15.1. The van der Waals surface area contributed by atoms with Crippen molar-refractivity contribution in [2.45, 2.75) is 79.3 Å². The Labute approximate surface area is 127 Å². The Balaban J connectivity index is 0.000000200. The van der Waals surface area contributed by atoms with Gasteiger partial charge in [0.05, 0.1) is 0 Å². The average Bonchev–Trinajstić information content (AvgIpc) is 2.40. The number of likely N-dealkylation sites (tertiary alicyclic amines) is 2. The Bertz CT molecular complexity index is 208. The zero-order valence-electron chi connectivity index (χ0n) is 14.9. The van der Waals surface area contributed by atoms with Gasteiger partial charge >= 0.3 is 0 Å². The molecular formula is C18H38N2. The fraction of sp³-hybridized carbons (Fsp3) is 1.00. The summed E-state index contributed by atoms with van der Waals surface area (Å²) in [6.07, 6.45) is 5.60. The first kappa shape index (κ1) is 18.0. The highest BCUT2D eigenvalue weighted by molar-refractivity contribution is 4.72. The highest BCUT2D eigenvalue weighted by atomic mass is 15.2. The van der Waals surface area contributed by atoms with Gasteiger partial charge in [-0.15, -0.1) is 0 Å². The van der Waals surface area contributed by atoms with Crippen LogP contribution in [0.4, 0.5) is 0 Å². The van der Waals surface area contributed by atoms with E-state index in [2.05, 4.69) is 51.3 Å². The van der Waals surface area contributed by atoms with Crippen LogP contribution >= 0.6 is 0 Å². The molecule has 0 N–H and O–H groups in total. The third kappa shape index (κ3) is 6.58. The van der Waals surface area contributed by atoms with Crippen molar-refractivity contribution in [3.05, 3.63) is 0 Å². The molecule has 2 aliphatic heterocycles. The lowest BCUT2D eigenvalue weighted by atomic mass is 9.98. The van der Waals surface area contributed by atoms with E-state index in [-0.39, 0.29) is 0 Å². The molecule has 0 spiro atoms. The van der Waals surface area contributed by atoms with Crippen LogP contribution in [0.2, 0.25) is 0 Å². The number of hydrogen-bond acceptors (Lipinski definition) is 2. The van der Waals surface area contributed by atoms with Crippen LogP contribution in [0.25, 0.3) is 0 Å². The molecule has 2 fully saturated rings. The molecule has 0 unspecified atom stereocenters. The predicted octanol–water partition coefficient (Wildman–Crippen LogP) is 4.25. The molecule has 0 amide bonds. The molecule has 2 heteroatoms. The van der Waals surface area contributed by atoms with E-state index in [1.807, 2.05) is 0 Å². The molecule has 2 nitrogen and oxygen atoms in total. The monoisotopic (exact) mass is 282 g/mol. The summed E-state index contributed by atoms with van der Waals surface area (Å²) in [6.45, 7) is 19.1. The van der Waals surface area contributed by atoms with Crippen LogP contribution in [0.5, 0.6) is 0 Å². The van der Waals surface area contributed by atoms with Gasteiger partial charge in [0.2, 0.25) is 0 Å². The molecular weight excluding hydrogens is 244 g/mol. The molecule has 0 atom stereocenters. The third-order valence-electron chi connectivity index (χ3n) is 5.10. The predicted molar refractivity (Wildman–Crippen MR) is 90.2 cm³/mol. The van der Waals surface area contributed by atoms with Crippen LogP contribution in [0.3, 0.4) is 0 Å². The van der Waals surface area contributed by atoms with Gasteiger partial charge in [-0.05, 0) is 91.4 Å². The molecule has 20 heavy (non-hydrogen) atoms. The molecule has 0 aromatic carbocycles. The van der Waals surface area contributed by atoms with E-state index in [1.54, 1.807) is 0 Å². The van der Waals surface area contributed by atoms with Gasteiger partial charge in [0.25, 0.3) is 0 Å². The standard InChI is InChI=1S/2C9H19N/c2*1-8(2)10-6-4-9(3)5-7-10/h2*8-9H,4-7H2,1-3H3. The number of nitrogens with zero attached hydrogens (tertiary/aromatic N) is 2. The summed E-state index contributed by atoms with van der Waals surface area (Å²) in [5.74, 6) is 1.94. The van der Waals surface area contributed by atoms with Crippen molar-refractivity contribution >= 4 is 0 Å². The van der Waals surface area contributed by atoms with Crippen LogP contribution < -0.4 is 0 Å². The van der Waals surface area contributed by atoms with Crippen molar-refractivity contribution in [3.63, 3.8) is 0 Å². The number of rotatable bonds is 2. The molecule has 0 aromatic rings. The van der Waals surface area contributed by atoms with Crippen molar-refractivity contribution in [1.82, 2.24) is 9.80 Å². The lowest BCUT2D eigenvalue weighted by Gasteiger charge is -2.33. The second-order valence-corrected chi connectivity index (χ2v) is 7.62. The SMILES string of the molecule is CC1CCN(C(C)C)CC1.CC1CCN(C(C)C)CC1. The highest BCUT2D eigenvalue weighted by Gasteiger charge is 2.17. The number of piperidine rings is 2. The maximum Gasteiger partial charge on any atom is 0.00385 e. The topological polar surface area (TPSA) is 6.48 Å². The van der Waals surface area contributed by atoms with Gasteiger partial charge in [-0.2, -0.15) is 0 Å². The largest absolute Gasteiger partial charge is 0.301 e. The minimum absolute atomic E-state index is 0.757. The van der Waals surface area contributed by atoms with Crippen molar-refractivity contribution in [2.24, 2.45) is 11.8 Å². The van der Waals surface area contributed by atoms with Crippen LogP contribution in [-0.2, 0) is 0 Å². The van der Waals surface area contributed by atoms with E-state index >= 15 is 0 Å². The van der Waals surface area contributed by atoms with Crippen LogP contribution in [0.15, 0.2) is 0 Å². The maximum atomic E-state index is 2.57. The van der Waals surface area contributed by atoms with Gasteiger partial charge in [-0.1, -0.05) is 13.8 Å². The summed E-state index contributed by atoms with van der Waals surface area (Å²) in [5.41, 5.74) is 0. The van der Waals surface area contributed by atoms with Crippen LogP contribution in [0.1, 0.15) is 67.2 Å². The van der Waals surface area contributed by atoms with Gasteiger partial charge in [0, 0.05) is 12.1 Å². The van der Waals surface area contributed by atoms with Gasteiger partial charge in [-0.25, -0.2) is 0 Å². The summed E-state index contributed by atoms with van der Waals surface area (Å²) in [5, 5.41) is 0. The molecule has 0 aromatic heterocycles. The maximum absolute atomic E-state index is 2.57. The summed E-state index contributed by atoms with van der Waals surface area (Å²) >= 11 is 0. The van der Waals surface area contributed by atoms with E-state index in [0.717, 1.165) is 23.9 Å². The minimum Gasteiger partial charge on any atom is -0.301 e. The number of hydrogen-bond donors (Lipinski definition) is 0. The molecule has 0 bridgehead atoms. The first-order chi connectivity index (χ1) is 9.40. The first-order valence-electron chi connectivity index (χ1n) is 8.88.